The van der Waals surface area contributed by atoms with E-state index in [9.17, 15) is 8.78 Å². The van der Waals surface area contributed by atoms with E-state index in [2.05, 4.69) is 5.32 Å². The predicted octanol–water partition coefficient (Wildman–Crippen LogP) is 5.58. The maximum atomic E-state index is 12.5. The second-order valence-electron chi connectivity index (χ2n) is 4.32. The zero-order valence-corrected chi connectivity index (χ0v) is 12.4. The van der Waals surface area contributed by atoms with Gasteiger partial charge in [-0.05, 0) is 36.2 Å². The Labute approximate surface area is 126 Å². The molecule has 0 aliphatic carbocycles. The molecule has 0 bridgehead atoms. The van der Waals surface area contributed by atoms with Crippen LogP contribution in [0.4, 0.5) is 14.5 Å². The van der Waals surface area contributed by atoms with Crippen molar-refractivity contribution in [2.75, 3.05) is 5.32 Å². The van der Waals surface area contributed by atoms with E-state index in [0.29, 0.717) is 33.9 Å². The largest absolute Gasteiger partial charge is 0.380 e. The van der Waals surface area contributed by atoms with Crippen molar-refractivity contribution in [3.05, 3.63) is 58.6 Å². The number of anilines is 1. The smallest absolute Gasteiger partial charge is 0.288 e. The molecule has 0 aromatic heterocycles. The van der Waals surface area contributed by atoms with Crippen LogP contribution in [0.5, 0.6) is 0 Å². The van der Waals surface area contributed by atoms with Gasteiger partial charge in [-0.1, -0.05) is 47.6 Å². The number of rotatable bonds is 5. The second-order valence-corrected chi connectivity index (χ2v) is 5.76. The van der Waals surface area contributed by atoms with Crippen molar-refractivity contribution < 1.29 is 8.78 Å². The zero-order valence-electron chi connectivity index (χ0n) is 10.9. The van der Waals surface area contributed by atoms with Gasteiger partial charge in [0, 0.05) is 22.2 Å². The fraction of sp³-hybridized carbons (Fsp3) is 0.200. The molecule has 0 heterocycles. The SMILES string of the molecule is Cc1ccc(CNc2ccccc2SC(F)F)c(Cl)c1. The maximum Gasteiger partial charge on any atom is 0.288 e. The minimum absolute atomic E-state index is 0.500. The van der Waals surface area contributed by atoms with Crippen molar-refractivity contribution in [2.45, 2.75) is 24.1 Å². The van der Waals surface area contributed by atoms with Crippen LogP contribution in [0.15, 0.2) is 47.4 Å². The normalized spacial score (nSPS) is 10.8. The molecule has 106 valence electrons. The Bertz CT molecular complexity index is 590. The highest BCUT2D eigenvalue weighted by Gasteiger charge is 2.09. The molecule has 0 unspecified atom stereocenters. The Kier molecular flexibility index (Phi) is 5.26. The fourth-order valence-corrected chi connectivity index (χ4v) is 2.72. The average molecular weight is 314 g/mol. The second kappa shape index (κ2) is 6.95. The molecule has 0 fully saturated rings. The molecule has 5 heteroatoms. The summed E-state index contributed by atoms with van der Waals surface area (Å²) in [5.41, 5.74) is 2.72. The highest BCUT2D eigenvalue weighted by Crippen LogP contribution is 2.32. The molecule has 2 aromatic carbocycles. The van der Waals surface area contributed by atoms with Gasteiger partial charge < -0.3 is 5.32 Å². The molecule has 0 atom stereocenters. The van der Waals surface area contributed by atoms with Crippen molar-refractivity contribution in [2.24, 2.45) is 0 Å². The van der Waals surface area contributed by atoms with Crippen LogP contribution in [0.3, 0.4) is 0 Å². The minimum atomic E-state index is -2.43. The molecule has 2 aromatic rings. The quantitative estimate of drug-likeness (QED) is 0.724. The summed E-state index contributed by atoms with van der Waals surface area (Å²) in [7, 11) is 0. The van der Waals surface area contributed by atoms with E-state index in [1.807, 2.05) is 31.2 Å². The first-order valence-electron chi connectivity index (χ1n) is 6.09. The average Bonchev–Trinajstić information content (AvgIpc) is 2.39. The maximum absolute atomic E-state index is 12.5. The van der Waals surface area contributed by atoms with E-state index in [1.165, 1.54) is 0 Å². The van der Waals surface area contributed by atoms with Gasteiger partial charge in [0.2, 0.25) is 0 Å². The summed E-state index contributed by atoms with van der Waals surface area (Å²) in [6.07, 6.45) is 0. The van der Waals surface area contributed by atoms with Gasteiger partial charge in [-0.15, -0.1) is 0 Å². The highest BCUT2D eigenvalue weighted by molar-refractivity contribution is 7.99. The molecule has 20 heavy (non-hydrogen) atoms. The number of thioether (sulfide) groups is 1. The first-order valence-corrected chi connectivity index (χ1v) is 7.35. The topological polar surface area (TPSA) is 12.0 Å². The summed E-state index contributed by atoms with van der Waals surface area (Å²) in [5, 5.41) is 3.83. The van der Waals surface area contributed by atoms with Gasteiger partial charge >= 0.3 is 0 Å². The van der Waals surface area contributed by atoms with Crippen LogP contribution in [0, 0.1) is 6.92 Å². The fourth-order valence-electron chi connectivity index (χ4n) is 1.80. The summed E-state index contributed by atoms with van der Waals surface area (Å²) in [4.78, 5) is 0.533. The van der Waals surface area contributed by atoms with Crippen molar-refractivity contribution in [1.29, 1.82) is 0 Å². The molecule has 0 spiro atoms. The third-order valence-electron chi connectivity index (χ3n) is 2.78. The zero-order chi connectivity index (χ0) is 14.5. The van der Waals surface area contributed by atoms with Gasteiger partial charge in [-0.3, -0.25) is 0 Å². The monoisotopic (exact) mass is 313 g/mol. The molecule has 0 aliphatic rings. The lowest BCUT2D eigenvalue weighted by molar-refractivity contribution is 0.252. The van der Waals surface area contributed by atoms with E-state index in [-0.39, 0.29) is 0 Å². The van der Waals surface area contributed by atoms with E-state index in [0.717, 1.165) is 11.1 Å². The van der Waals surface area contributed by atoms with Crippen LogP contribution < -0.4 is 5.32 Å². The summed E-state index contributed by atoms with van der Waals surface area (Å²) < 4.78 is 25.0. The lowest BCUT2D eigenvalue weighted by atomic mass is 10.1. The first-order chi connectivity index (χ1) is 9.56. The van der Waals surface area contributed by atoms with Crippen LogP contribution >= 0.6 is 23.4 Å². The number of halogens is 3. The van der Waals surface area contributed by atoms with Gasteiger partial charge in [-0.25, -0.2) is 0 Å². The van der Waals surface area contributed by atoms with Gasteiger partial charge in [0.15, 0.2) is 0 Å². The van der Waals surface area contributed by atoms with Crippen LogP contribution in [-0.2, 0) is 6.54 Å². The number of benzene rings is 2. The number of nitrogens with one attached hydrogen (secondary N) is 1. The van der Waals surface area contributed by atoms with Gasteiger partial charge in [0.1, 0.15) is 0 Å². The van der Waals surface area contributed by atoms with Crippen molar-refractivity contribution in [3.63, 3.8) is 0 Å². The third kappa shape index (κ3) is 4.12. The third-order valence-corrected chi connectivity index (χ3v) is 3.92. The van der Waals surface area contributed by atoms with E-state index < -0.39 is 5.76 Å². The standard InChI is InChI=1S/C15H14ClF2NS/c1-10-6-7-11(12(16)8-10)9-19-13-4-2-3-5-14(13)20-15(17)18/h2-8,15,19H,9H2,1H3. The van der Waals surface area contributed by atoms with Gasteiger partial charge in [0.25, 0.3) is 5.76 Å². The van der Waals surface area contributed by atoms with Crippen molar-refractivity contribution >= 4 is 29.1 Å². The molecule has 0 aliphatic heterocycles. The summed E-state index contributed by atoms with van der Waals surface area (Å²) in [6, 6.07) is 12.8. The molecule has 0 radical (unpaired) electrons. The minimum Gasteiger partial charge on any atom is -0.380 e. The van der Waals surface area contributed by atoms with Crippen molar-refractivity contribution in [3.8, 4) is 0 Å². The number of alkyl halides is 2. The first kappa shape index (κ1) is 15.1. The summed E-state index contributed by atoms with van der Waals surface area (Å²) in [5.74, 6) is -2.43. The number of hydrogen-bond donors (Lipinski definition) is 1. The van der Waals surface area contributed by atoms with Crippen LogP contribution in [0.1, 0.15) is 11.1 Å². The lowest BCUT2D eigenvalue weighted by Gasteiger charge is -2.12. The van der Waals surface area contributed by atoms with Crippen LogP contribution in [0.25, 0.3) is 0 Å². The van der Waals surface area contributed by atoms with E-state index in [1.54, 1.807) is 18.2 Å². The number of aryl methyl sites for hydroxylation is 1. The van der Waals surface area contributed by atoms with Gasteiger partial charge in [0.05, 0.1) is 0 Å². The predicted molar refractivity (Wildman–Crippen MR) is 81.8 cm³/mol. The molecule has 0 saturated heterocycles. The van der Waals surface area contributed by atoms with Gasteiger partial charge in [-0.2, -0.15) is 8.78 Å². The van der Waals surface area contributed by atoms with Crippen LogP contribution in [0.2, 0.25) is 5.02 Å². The Morgan fingerprint density at radius 1 is 1.20 bits per heavy atom. The molecule has 0 amide bonds. The van der Waals surface area contributed by atoms with E-state index in [4.69, 9.17) is 11.6 Å². The molecular weight excluding hydrogens is 300 g/mol. The summed E-state index contributed by atoms with van der Waals surface area (Å²) >= 11 is 6.69. The van der Waals surface area contributed by atoms with Crippen molar-refractivity contribution in [1.82, 2.24) is 0 Å². The van der Waals surface area contributed by atoms with E-state index >= 15 is 0 Å². The number of para-hydroxylation sites is 1. The highest BCUT2D eigenvalue weighted by atomic mass is 35.5. The molecule has 0 saturated carbocycles. The molecular formula is C15H14ClF2NS. The molecule has 2 rings (SSSR count). The number of hydrogen-bond acceptors (Lipinski definition) is 2. The Hall–Kier alpha value is -1.26. The Morgan fingerprint density at radius 3 is 2.65 bits per heavy atom. The lowest BCUT2D eigenvalue weighted by Crippen LogP contribution is -2.01. The molecule has 1 nitrogen and oxygen atoms in total. The Morgan fingerprint density at radius 2 is 1.95 bits per heavy atom. The summed E-state index contributed by atoms with van der Waals surface area (Å²) in [6.45, 7) is 2.47. The van der Waals surface area contributed by atoms with Crippen LogP contribution in [-0.4, -0.2) is 5.76 Å². The Balaban J connectivity index is 2.10. The molecule has 1 N–H and O–H groups in total.